The molecule has 0 fully saturated rings. The Morgan fingerprint density at radius 2 is 1.77 bits per heavy atom. The van der Waals surface area contributed by atoms with Crippen LogP contribution in [0.25, 0.3) is 17.1 Å². The van der Waals surface area contributed by atoms with Crippen LogP contribution in [-0.4, -0.2) is 32.1 Å². The molecule has 11 heteroatoms. The van der Waals surface area contributed by atoms with Crippen LogP contribution in [0.15, 0.2) is 73.1 Å². The standard InChI is InChI=1S/C28H26F3N5O2S/c1-3-4-20-8-5-18(2)15-24(20)26(39)34-27(37)32-16-19-6-9-21(10-7-19)25-33-17-36(35-25)22-11-13-23(14-12-22)38-28(29,30)31/h5-15,17H,3-4,16H2,1-2H3,(H2,32,34,37,39). The number of nitrogens with one attached hydrogen (secondary N) is 2. The van der Waals surface area contributed by atoms with Gasteiger partial charge in [0.05, 0.1) is 5.69 Å². The summed E-state index contributed by atoms with van der Waals surface area (Å²) in [5.74, 6) is 0.122. The number of benzene rings is 3. The molecule has 0 saturated heterocycles. The Labute approximate surface area is 229 Å². The normalized spacial score (nSPS) is 11.2. The van der Waals surface area contributed by atoms with E-state index in [1.165, 1.54) is 35.3 Å². The van der Waals surface area contributed by atoms with Gasteiger partial charge in [-0.3, -0.25) is 5.32 Å². The third-order valence-corrected chi connectivity index (χ3v) is 6.07. The van der Waals surface area contributed by atoms with E-state index in [9.17, 15) is 18.0 Å². The monoisotopic (exact) mass is 553 g/mol. The summed E-state index contributed by atoms with van der Waals surface area (Å²) in [5.41, 5.74) is 5.17. The molecule has 0 aliphatic heterocycles. The minimum atomic E-state index is -4.75. The number of hydrogen-bond donors (Lipinski definition) is 2. The van der Waals surface area contributed by atoms with Crippen LogP contribution in [0.4, 0.5) is 18.0 Å². The quantitative estimate of drug-likeness (QED) is 0.252. The van der Waals surface area contributed by atoms with Crippen molar-refractivity contribution < 1.29 is 22.7 Å². The summed E-state index contributed by atoms with van der Waals surface area (Å²) in [6, 6.07) is 18.3. The maximum atomic E-state index is 12.5. The predicted molar refractivity (Wildman–Crippen MR) is 146 cm³/mol. The highest BCUT2D eigenvalue weighted by molar-refractivity contribution is 7.80. The molecule has 2 amide bonds. The van der Waals surface area contributed by atoms with E-state index in [4.69, 9.17) is 12.2 Å². The van der Waals surface area contributed by atoms with Crippen molar-refractivity contribution in [2.24, 2.45) is 0 Å². The van der Waals surface area contributed by atoms with Gasteiger partial charge in [-0.15, -0.1) is 18.3 Å². The summed E-state index contributed by atoms with van der Waals surface area (Å²) in [7, 11) is 0. The Morgan fingerprint density at radius 3 is 2.44 bits per heavy atom. The third-order valence-electron chi connectivity index (χ3n) is 5.75. The molecule has 1 heterocycles. The van der Waals surface area contributed by atoms with Crippen LogP contribution < -0.4 is 15.4 Å². The van der Waals surface area contributed by atoms with E-state index in [1.807, 2.05) is 49.4 Å². The van der Waals surface area contributed by atoms with Crippen molar-refractivity contribution in [2.45, 2.75) is 39.6 Å². The first-order valence-electron chi connectivity index (χ1n) is 12.2. The predicted octanol–water partition coefficient (Wildman–Crippen LogP) is 6.27. The average Bonchev–Trinajstić information content (AvgIpc) is 3.39. The van der Waals surface area contributed by atoms with Gasteiger partial charge in [-0.1, -0.05) is 67.5 Å². The maximum absolute atomic E-state index is 12.5. The molecule has 2 N–H and O–H groups in total. The zero-order valence-corrected chi connectivity index (χ0v) is 22.1. The molecule has 0 unspecified atom stereocenters. The molecule has 1 aromatic heterocycles. The minimum absolute atomic E-state index is 0.290. The van der Waals surface area contributed by atoms with E-state index in [-0.39, 0.29) is 11.8 Å². The molecule has 0 radical (unpaired) electrons. The lowest BCUT2D eigenvalue weighted by molar-refractivity contribution is -0.274. The fraction of sp³-hybridized carbons (Fsp3) is 0.214. The Balaban J connectivity index is 1.33. The van der Waals surface area contributed by atoms with E-state index in [0.717, 1.165) is 40.7 Å². The van der Waals surface area contributed by atoms with E-state index < -0.39 is 6.36 Å². The van der Waals surface area contributed by atoms with Crippen LogP contribution in [0.5, 0.6) is 5.75 Å². The molecule has 202 valence electrons. The lowest BCUT2D eigenvalue weighted by Gasteiger charge is -2.13. The van der Waals surface area contributed by atoms with Gasteiger partial charge >= 0.3 is 12.4 Å². The van der Waals surface area contributed by atoms with Gasteiger partial charge in [0.2, 0.25) is 0 Å². The third kappa shape index (κ3) is 7.64. The number of rotatable bonds is 8. The largest absolute Gasteiger partial charge is 0.573 e. The number of carbonyl (C=O) groups excluding carboxylic acids is 1. The minimum Gasteiger partial charge on any atom is -0.406 e. The number of urea groups is 1. The molecule has 0 aliphatic rings. The highest BCUT2D eigenvalue weighted by atomic mass is 32.1. The number of carbonyl (C=O) groups is 1. The molecule has 0 bridgehead atoms. The first-order valence-corrected chi connectivity index (χ1v) is 12.6. The number of halogens is 3. The van der Waals surface area contributed by atoms with Crippen molar-refractivity contribution in [3.05, 3.63) is 95.3 Å². The molecule has 0 aliphatic carbocycles. The van der Waals surface area contributed by atoms with Gasteiger partial charge in [-0.25, -0.2) is 14.5 Å². The summed E-state index contributed by atoms with van der Waals surface area (Å²) in [6.45, 7) is 4.37. The summed E-state index contributed by atoms with van der Waals surface area (Å²) in [6.07, 6.45) is -1.43. The van der Waals surface area contributed by atoms with Gasteiger partial charge in [-0.2, -0.15) is 0 Å². The lowest BCUT2D eigenvalue weighted by atomic mass is 10.0. The van der Waals surface area contributed by atoms with Crippen LogP contribution in [-0.2, 0) is 13.0 Å². The number of nitrogens with zero attached hydrogens (tertiary/aromatic N) is 3. The Bertz CT molecular complexity index is 1450. The molecular formula is C28H26F3N5O2S. The molecule has 0 saturated carbocycles. The summed E-state index contributed by atoms with van der Waals surface area (Å²) in [5, 5.41) is 9.97. The average molecular weight is 554 g/mol. The van der Waals surface area contributed by atoms with Crippen LogP contribution in [0, 0.1) is 6.92 Å². The van der Waals surface area contributed by atoms with Gasteiger partial charge in [0.15, 0.2) is 5.82 Å². The number of hydrogen-bond acceptors (Lipinski definition) is 5. The van der Waals surface area contributed by atoms with Crippen molar-refractivity contribution in [2.75, 3.05) is 0 Å². The number of aryl methyl sites for hydroxylation is 2. The fourth-order valence-electron chi connectivity index (χ4n) is 3.88. The van der Waals surface area contributed by atoms with Gasteiger partial charge in [0, 0.05) is 17.7 Å². The van der Waals surface area contributed by atoms with Crippen molar-refractivity contribution in [3.63, 3.8) is 0 Å². The number of aromatic nitrogens is 3. The Hall–Kier alpha value is -4.25. The van der Waals surface area contributed by atoms with Crippen molar-refractivity contribution in [1.29, 1.82) is 0 Å². The second-order valence-electron chi connectivity index (χ2n) is 8.80. The van der Waals surface area contributed by atoms with Crippen molar-refractivity contribution in [1.82, 2.24) is 25.4 Å². The van der Waals surface area contributed by atoms with Gasteiger partial charge in [0.25, 0.3) is 0 Å². The molecule has 0 atom stereocenters. The lowest BCUT2D eigenvalue weighted by Crippen LogP contribution is -2.39. The zero-order chi connectivity index (χ0) is 28.0. The first-order chi connectivity index (χ1) is 18.6. The van der Waals surface area contributed by atoms with Gasteiger partial charge in [-0.05, 0) is 54.8 Å². The van der Waals surface area contributed by atoms with Crippen LogP contribution in [0.1, 0.15) is 35.6 Å². The van der Waals surface area contributed by atoms with Crippen LogP contribution in [0.3, 0.4) is 0 Å². The van der Waals surface area contributed by atoms with Crippen LogP contribution >= 0.6 is 12.2 Å². The summed E-state index contributed by atoms with van der Waals surface area (Å²) in [4.78, 5) is 17.1. The fourth-order valence-corrected chi connectivity index (χ4v) is 4.16. The Kier molecular flexibility index (Phi) is 8.60. The molecule has 3 aromatic carbocycles. The van der Waals surface area contributed by atoms with E-state index in [2.05, 4.69) is 32.4 Å². The van der Waals surface area contributed by atoms with E-state index >= 15 is 0 Å². The SMILES string of the molecule is CCCc1ccc(C)cc1C(=S)NC(=O)NCc1ccc(-c2ncn(-c3ccc(OC(F)(F)F)cc3)n2)cc1. The van der Waals surface area contributed by atoms with E-state index in [1.54, 1.807) is 0 Å². The number of ether oxygens (including phenoxy) is 1. The molecule has 39 heavy (non-hydrogen) atoms. The number of amides is 2. The van der Waals surface area contributed by atoms with Gasteiger partial charge in [0.1, 0.15) is 17.1 Å². The first kappa shape index (κ1) is 27.8. The molecule has 4 rings (SSSR count). The summed E-state index contributed by atoms with van der Waals surface area (Å²) < 4.78 is 42.4. The van der Waals surface area contributed by atoms with E-state index in [0.29, 0.717) is 23.0 Å². The smallest absolute Gasteiger partial charge is 0.406 e. The molecule has 4 aromatic rings. The second-order valence-corrected chi connectivity index (χ2v) is 9.21. The maximum Gasteiger partial charge on any atom is 0.573 e. The Morgan fingerprint density at radius 1 is 1.05 bits per heavy atom. The molecule has 0 spiro atoms. The number of thiocarbonyl (C=S) groups is 1. The molecular weight excluding hydrogens is 527 g/mol. The number of alkyl halides is 3. The van der Waals surface area contributed by atoms with Crippen molar-refractivity contribution >= 4 is 23.2 Å². The second kappa shape index (κ2) is 12.1. The molecule has 7 nitrogen and oxygen atoms in total. The zero-order valence-electron chi connectivity index (χ0n) is 21.2. The summed E-state index contributed by atoms with van der Waals surface area (Å²) >= 11 is 5.49. The van der Waals surface area contributed by atoms with Crippen molar-refractivity contribution in [3.8, 4) is 22.8 Å². The topological polar surface area (TPSA) is 81.1 Å². The van der Waals surface area contributed by atoms with Gasteiger partial charge < -0.3 is 10.1 Å². The van der Waals surface area contributed by atoms with Crippen LogP contribution in [0.2, 0.25) is 0 Å². The highest BCUT2D eigenvalue weighted by Gasteiger charge is 2.31. The highest BCUT2D eigenvalue weighted by Crippen LogP contribution is 2.24.